The summed E-state index contributed by atoms with van der Waals surface area (Å²) in [5, 5.41) is 10.5. The van der Waals surface area contributed by atoms with Gasteiger partial charge in [0.2, 0.25) is 0 Å². The summed E-state index contributed by atoms with van der Waals surface area (Å²) in [6, 6.07) is 16.7. The predicted octanol–water partition coefficient (Wildman–Crippen LogP) is 5.03. The molecular weight excluding hydrogens is 350 g/mol. The number of ketones is 1. The molecule has 2 aromatic carbocycles. The highest BCUT2D eigenvalue weighted by molar-refractivity contribution is 6.08. The van der Waals surface area contributed by atoms with E-state index in [9.17, 15) is 14.7 Å². The fraction of sp³-hybridized carbons (Fsp3) is 0.333. The van der Waals surface area contributed by atoms with E-state index in [4.69, 9.17) is 0 Å². The molecule has 4 nitrogen and oxygen atoms in total. The second kappa shape index (κ2) is 7.27. The van der Waals surface area contributed by atoms with Gasteiger partial charge >= 0.3 is 0 Å². The highest BCUT2D eigenvalue weighted by Gasteiger charge is 2.44. The van der Waals surface area contributed by atoms with E-state index >= 15 is 0 Å². The molecule has 0 saturated carbocycles. The summed E-state index contributed by atoms with van der Waals surface area (Å²) >= 11 is 0. The summed E-state index contributed by atoms with van der Waals surface area (Å²) in [7, 11) is 0. The number of amides is 1. The summed E-state index contributed by atoms with van der Waals surface area (Å²) in [6.07, 6.45) is 0. The molecule has 0 spiro atoms. The van der Waals surface area contributed by atoms with Gasteiger partial charge in [0.15, 0.2) is 11.5 Å². The Morgan fingerprint density at radius 2 is 1.61 bits per heavy atom. The van der Waals surface area contributed by atoms with Crippen molar-refractivity contribution in [3.05, 3.63) is 82.6 Å². The predicted molar refractivity (Wildman–Crippen MR) is 110 cm³/mol. The molecule has 0 saturated heterocycles. The first-order chi connectivity index (χ1) is 13.1. The molecule has 0 radical (unpaired) electrons. The van der Waals surface area contributed by atoms with Crippen molar-refractivity contribution < 1.29 is 14.7 Å². The van der Waals surface area contributed by atoms with Crippen molar-refractivity contribution in [3.63, 3.8) is 0 Å². The van der Waals surface area contributed by atoms with Gasteiger partial charge in [0.25, 0.3) is 5.91 Å². The molecule has 2 aromatic rings. The fourth-order valence-corrected chi connectivity index (χ4v) is 3.77. The lowest BCUT2D eigenvalue weighted by atomic mass is 9.85. The smallest absolute Gasteiger partial charge is 0.290 e. The van der Waals surface area contributed by atoms with Gasteiger partial charge in [0.1, 0.15) is 0 Å². The van der Waals surface area contributed by atoms with Gasteiger partial charge in [-0.05, 0) is 36.0 Å². The normalized spacial score (nSPS) is 18.5. The van der Waals surface area contributed by atoms with E-state index in [1.165, 1.54) is 12.5 Å². The maximum Gasteiger partial charge on any atom is 0.290 e. The minimum Gasteiger partial charge on any atom is -0.503 e. The molecule has 1 N–H and O–H groups in total. The topological polar surface area (TPSA) is 57.6 Å². The van der Waals surface area contributed by atoms with Crippen LogP contribution in [0.1, 0.15) is 63.4 Å². The van der Waals surface area contributed by atoms with Crippen molar-refractivity contribution in [2.75, 3.05) is 0 Å². The van der Waals surface area contributed by atoms with Crippen molar-refractivity contribution >= 4 is 11.7 Å². The largest absolute Gasteiger partial charge is 0.503 e. The van der Waals surface area contributed by atoms with E-state index < -0.39 is 17.7 Å². The molecule has 0 bridgehead atoms. The van der Waals surface area contributed by atoms with Crippen molar-refractivity contribution in [2.45, 2.75) is 52.1 Å². The van der Waals surface area contributed by atoms with Gasteiger partial charge in [0.05, 0.1) is 17.7 Å². The molecule has 1 aliphatic heterocycles. The van der Waals surface area contributed by atoms with Gasteiger partial charge in [-0.3, -0.25) is 9.59 Å². The molecule has 0 fully saturated rings. The number of aliphatic hydroxyl groups is 1. The lowest BCUT2D eigenvalue weighted by Gasteiger charge is -2.33. The summed E-state index contributed by atoms with van der Waals surface area (Å²) in [4.78, 5) is 26.8. The Labute approximate surface area is 166 Å². The van der Waals surface area contributed by atoms with Crippen LogP contribution in [0.5, 0.6) is 0 Å². The first-order valence-corrected chi connectivity index (χ1v) is 9.55. The van der Waals surface area contributed by atoms with Crippen molar-refractivity contribution in [1.29, 1.82) is 0 Å². The van der Waals surface area contributed by atoms with Gasteiger partial charge in [-0.2, -0.15) is 0 Å². The number of rotatable bonds is 4. The highest BCUT2D eigenvalue weighted by Crippen LogP contribution is 2.43. The molecule has 0 aliphatic carbocycles. The van der Waals surface area contributed by atoms with Crippen LogP contribution in [-0.4, -0.2) is 21.7 Å². The van der Waals surface area contributed by atoms with Crippen LogP contribution < -0.4 is 0 Å². The van der Waals surface area contributed by atoms with Crippen LogP contribution in [0.15, 0.2) is 65.9 Å². The summed E-state index contributed by atoms with van der Waals surface area (Å²) in [5.74, 6) is -1.25. The van der Waals surface area contributed by atoms with Crippen LogP contribution in [-0.2, 0) is 15.0 Å². The average Bonchev–Trinajstić information content (AvgIpc) is 2.92. The Morgan fingerprint density at radius 3 is 2.11 bits per heavy atom. The lowest BCUT2D eigenvalue weighted by molar-refractivity contribution is -0.131. The third-order valence-electron chi connectivity index (χ3n) is 5.41. The first kappa shape index (κ1) is 19.9. The van der Waals surface area contributed by atoms with E-state index in [1.54, 1.807) is 4.90 Å². The Morgan fingerprint density at radius 1 is 1.04 bits per heavy atom. The van der Waals surface area contributed by atoms with Gasteiger partial charge in [0, 0.05) is 0 Å². The Balaban J connectivity index is 2.09. The third-order valence-corrected chi connectivity index (χ3v) is 5.41. The van der Waals surface area contributed by atoms with Crippen LogP contribution >= 0.6 is 0 Å². The number of hydrogen-bond donors (Lipinski definition) is 1. The van der Waals surface area contributed by atoms with Crippen LogP contribution in [0.4, 0.5) is 0 Å². The maximum atomic E-state index is 12.9. The molecule has 146 valence electrons. The Hall–Kier alpha value is -2.88. The van der Waals surface area contributed by atoms with Crippen molar-refractivity contribution in [3.8, 4) is 0 Å². The van der Waals surface area contributed by atoms with E-state index in [1.807, 2.05) is 61.5 Å². The summed E-state index contributed by atoms with van der Waals surface area (Å²) in [6.45, 7) is 9.72. The second-order valence-corrected chi connectivity index (χ2v) is 8.39. The second-order valence-electron chi connectivity index (χ2n) is 8.39. The van der Waals surface area contributed by atoms with E-state index in [0.717, 1.165) is 11.1 Å². The number of aliphatic hydroxyl groups excluding tert-OH is 1. The summed E-state index contributed by atoms with van der Waals surface area (Å²) in [5.41, 5.74) is 3.10. The zero-order chi connectivity index (χ0) is 20.6. The number of hydrogen-bond acceptors (Lipinski definition) is 3. The quantitative estimate of drug-likeness (QED) is 0.813. The third kappa shape index (κ3) is 3.47. The average molecular weight is 377 g/mol. The molecule has 1 amide bonds. The minimum atomic E-state index is -0.603. The van der Waals surface area contributed by atoms with E-state index in [-0.39, 0.29) is 22.8 Å². The lowest BCUT2D eigenvalue weighted by Crippen LogP contribution is -2.33. The molecule has 2 atom stereocenters. The number of Topliss-reactive ketones (excluding diaryl/α,β-unsaturated/α-hetero) is 1. The van der Waals surface area contributed by atoms with Gasteiger partial charge in [-0.15, -0.1) is 0 Å². The Kier molecular flexibility index (Phi) is 5.16. The van der Waals surface area contributed by atoms with Gasteiger partial charge < -0.3 is 10.0 Å². The molecule has 0 aromatic heterocycles. The SMILES string of the molecule is CC(=O)C1=C(O)C(=O)N(C(C)c2ccccc2)C1c1ccc(C(C)(C)C)cc1. The molecule has 28 heavy (non-hydrogen) atoms. The molecular formula is C24H27NO3. The van der Waals surface area contributed by atoms with E-state index in [2.05, 4.69) is 20.8 Å². The van der Waals surface area contributed by atoms with Crippen LogP contribution in [0.2, 0.25) is 0 Å². The Bertz CT molecular complexity index is 921. The van der Waals surface area contributed by atoms with Gasteiger partial charge in [-0.25, -0.2) is 0 Å². The number of carbonyl (C=O) groups is 2. The molecule has 4 heteroatoms. The molecule has 3 rings (SSSR count). The highest BCUT2D eigenvalue weighted by atomic mass is 16.3. The maximum absolute atomic E-state index is 12.9. The summed E-state index contributed by atoms with van der Waals surface area (Å²) < 4.78 is 0. The molecule has 1 heterocycles. The van der Waals surface area contributed by atoms with E-state index in [0.29, 0.717) is 0 Å². The van der Waals surface area contributed by atoms with Crippen LogP contribution in [0, 0.1) is 0 Å². The minimum absolute atomic E-state index is 0.00241. The first-order valence-electron chi connectivity index (χ1n) is 9.55. The van der Waals surface area contributed by atoms with Crippen LogP contribution in [0.25, 0.3) is 0 Å². The number of benzene rings is 2. The zero-order valence-corrected chi connectivity index (χ0v) is 17.1. The monoisotopic (exact) mass is 377 g/mol. The van der Waals surface area contributed by atoms with Crippen LogP contribution in [0.3, 0.4) is 0 Å². The fourth-order valence-electron chi connectivity index (χ4n) is 3.77. The van der Waals surface area contributed by atoms with Crippen molar-refractivity contribution in [1.82, 2.24) is 4.90 Å². The van der Waals surface area contributed by atoms with Crippen molar-refractivity contribution in [2.24, 2.45) is 0 Å². The molecule has 1 aliphatic rings. The standard InChI is InChI=1S/C24H27NO3/c1-15(17-9-7-6-8-10-17)25-21(20(16(2)26)22(27)23(25)28)18-11-13-19(14-12-18)24(3,4)5/h6-15,21,27H,1-5H3. The number of carbonyl (C=O) groups excluding carboxylic acids is 2. The molecule has 2 unspecified atom stereocenters. The number of nitrogens with zero attached hydrogens (tertiary/aromatic N) is 1. The zero-order valence-electron chi connectivity index (χ0n) is 17.1. The van der Waals surface area contributed by atoms with Gasteiger partial charge in [-0.1, -0.05) is 75.4 Å².